The molecule has 30 heavy (non-hydrogen) atoms. The number of hydrogen-bond donors (Lipinski definition) is 2. The minimum Gasteiger partial charge on any atom is -0.368 e. The van der Waals surface area contributed by atoms with Crippen molar-refractivity contribution in [3.8, 4) is 22.4 Å². The van der Waals surface area contributed by atoms with E-state index in [4.69, 9.17) is 0 Å². The third kappa shape index (κ3) is 3.64. The van der Waals surface area contributed by atoms with Gasteiger partial charge in [0.1, 0.15) is 0 Å². The van der Waals surface area contributed by atoms with Crippen molar-refractivity contribution in [2.45, 2.75) is 6.42 Å². The molecular weight excluding hydrogens is 376 g/mol. The number of nitrogens with one attached hydrogen (secondary N) is 2. The molecule has 0 spiro atoms. The fourth-order valence-electron chi connectivity index (χ4n) is 3.83. The van der Waals surface area contributed by atoms with Gasteiger partial charge >= 0.3 is 5.69 Å². The average molecular weight is 405 g/mol. The Morgan fingerprint density at radius 3 is 2.47 bits per heavy atom. The number of anilines is 1. The first-order valence-corrected chi connectivity index (χ1v) is 10.2. The fourth-order valence-corrected chi connectivity index (χ4v) is 3.83. The molecule has 4 rings (SSSR count). The summed E-state index contributed by atoms with van der Waals surface area (Å²) in [6.45, 7) is 1.84. The standard InChI is InChI=1S/C23H28N6O/c1-27(2)14-8-13-24-22-20(21(25-26-22)16-9-6-5-7-10-16)17-11-12-18-19(15-17)29(4)23(30)28(18)3/h5-7,9-12,15H,8,13-14H2,1-4H3,(H2,24,25,26). The normalized spacial score (nSPS) is 11.5. The molecule has 4 aromatic rings. The number of nitrogens with zero attached hydrogens (tertiary/aromatic N) is 4. The summed E-state index contributed by atoms with van der Waals surface area (Å²) >= 11 is 0. The summed E-state index contributed by atoms with van der Waals surface area (Å²) in [4.78, 5) is 14.5. The van der Waals surface area contributed by atoms with Crippen LogP contribution in [0.5, 0.6) is 0 Å². The van der Waals surface area contributed by atoms with Crippen LogP contribution >= 0.6 is 0 Å². The largest absolute Gasteiger partial charge is 0.368 e. The summed E-state index contributed by atoms with van der Waals surface area (Å²) in [5, 5.41) is 11.3. The van der Waals surface area contributed by atoms with Crippen LogP contribution in [0, 0.1) is 0 Å². The van der Waals surface area contributed by atoms with Gasteiger partial charge in [0.15, 0.2) is 5.82 Å². The van der Waals surface area contributed by atoms with Crippen molar-refractivity contribution < 1.29 is 0 Å². The van der Waals surface area contributed by atoms with Crippen molar-refractivity contribution in [3.05, 3.63) is 59.0 Å². The maximum atomic E-state index is 12.4. The van der Waals surface area contributed by atoms with Crippen molar-refractivity contribution in [1.82, 2.24) is 24.2 Å². The van der Waals surface area contributed by atoms with Crippen LogP contribution in [-0.4, -0.2) is 51.4 Å². The number of imidazole rings is 1. The smallest absolute Gasteiger partial charge is 0.328 e. The van der Waals surface area contributed by atoms with Crippen LogP contribution in [0.25, 0.3) is 33.4 Å². The highest BCUT2D eigenvalue weighted by atomic mass is 16.1. The van der Waals surface area contributed by atoms with Gasteiger partial charge in [0.2, 0.25) is 0 Å². The maximum Gasteiger partial charge on any atom is 0.328 e. The summed E-state index contributed by atoms with van der Waals surface area (Å²) in [6.07, 6.45) is 1.02. The molecule has 0 bridgehead atoms. The molecule has 2 aromatic heterocycles. The lowest BCUT2D eigenvalue weighted by atomic mass is 10.00. The van der Waals surface area contributed by atoms with Crippen molar-refractivity contribution >= 4 is 16.9 Å². The summed E-state index contributed by atoms with van der Waals surface area (Å²) in [5.41, 5.74) is 5.86. The molecule has 0 aliphatic carbocycles. The number of fused-ring (bicyclic) bond motifs is 1. The molecule has 156 valence electrons. The molecule has 0 aliphatic rings. The molecule has 0 radical (unpaired) electrons. The van der Waals surface area contributed by atoms with Crippen LogP contribution in [0.15, 0.2) is 53.3 Å². The van der Waals surface area contributed by atoms with Gasteiger partial charge in [-0.2, -0.15) is 5.10 Å². The first kappa shape index (κ1) is 20.0. The van der Waals surface area contributed by atoms with E-state index in [0.717, 1.165) is 58.7 Å². The molecule has 0 atom stereocenters. The molecule has 7 nitrogen and oxygen atoms in total. The second-order valence-corrected chi connectivity index (χ2v) is 7.88. The molecule has 2 heterocycles. The number of aryl methyl sites for hydroxylation is 2. The predicted molar refractivity (Wildman–Crippen MR) is 123 cm³/mol. The Bertz CT molecular complexity index is 1220. The first-order valence-electron chi connectivity index (χ1n) is 10.2. The average Bonchev–Trinajstić information content (AvgIpc) is 3.27. The lowest BCUT2D eigenvalue weighted by Gasteiger charge is -2.11. The topological polar surface area (TPSA) is 70.9 Å². The molecule has 0 unspecified atom stereocenters. The van der Waals surface area contributed by atoms with Crippen LogP contribution < -0.4 is 11.0 Å². The van der Waals surface area contributed by atoms with Gasteiger partial charge in [-0.25, -0.2) is 4.79 Å². The van der Waals surface area contributed by atoms with Crippen molar-refractivity contribution in [2.75, 3.05) is 32.5 Å². The third-order valence-corrected chi connectivity index (χ3v) is 5.46. The van der Waals surface area contributed by atoms with E-state index in [1.165, 1.54) is 0 Å². The van der Waals surface area contributed by atoms with Crippen LogP contribution in [0.4, 0.5) is 5.82 Å². The number of hydrogen-bond acceptors (Lipinski definition) is 4. The van der Waals surface area contributed by atoms with E-state index in [1.807, 2.05) is 31.3 Å². The molecule has 0 fully saturated rings. The lowest BCUT2D eigenvalue weighted by molar-refractivity contribution is 0.405. The second kappa shape index (κ2) is 8.20. The van der Waals surface area contributed by atoms with Crippen LogP contribution in [0.3, 0.4) is 0 Å². The zero-order chi connectivity index (χ0) is 21.3. The second-order valence-electron chi connectivity index (χ2n) is 7.88. The van der Waals surface area contributed by atoms with Gasteiger partial charge < -0.3 is 10.2 Å². The van der Waals surface area contributed by atoms with E-state index in [-0.39, 0.29) is 5.69 Å². The Morgan fingerprint density at radius 2 is 1.73 bits per heavy atom. The Kier molecular flexibility index (Phi) is 5.46. The van der Waals surface area contributed by atoms with Gasteiger partial charge in [-0.05, 0) is 44.8 Å². The molecule has 2 N–H and O–H groups in total. The van der Waals surface area contributed by atoms with E-state index in [2.05, 4.69) is 58.8 Å². The van der Waals surface area contributed by atoms with E-state index in [9.17, 15) is 4.79 Å². The van der Waals surface area contributed by atoms with Gasteiger partial charge in [-0.3, -0.25) is 14.2 Å². The zero-order valence-electron chi connectivity index (χ0n) is 17.9. The van der Waals surface area contributed by atoms with E-state index in [0.29, 0.717) is 0 Å². The molecular formula is C23H28N6O. The zero-order valence-corrected chi connectivity index (χ0v) is 17.9. The third-order valence-electron chi connectivity index (χ3n) is 5.46. The van der Waals surface area contributed by atoms with Crippen molar-refractivity contribution in [3.63, 3.8) is 0 Å². The monoisotopic (exact) mass is 404 g/mol. The Morgan fingerprint density at radius 1 is 1.00 bits per heavy atom. The molecule has 7 heteroatoms. The molecule has 0 aliphatic heterocycles. The molecule has 0 amide bonds. The van der Waals surface area contributed by atoms with Gasteiger partial charge in [0.05, 0.1) is 22.3 Å². The summed E-state index contributed by atoms with van der Waals surface area (Å²) in [7, 11) is 7.76. The van der Waals surface area contributed by atoms with Gasteiger partial charge in [0.25, 0.3) is 0 Å². The Hall–Kier alpha value is -3.32. The van der Waals surface area contributed by atoms with Crippen LogP contribution in [-0.2, 0) is 14.1 Å². The van der Waals surface area contributed by atoms with Gasteiger partial charge in [-0.1, -0.05) is 36.4 Å². The number of aromatic nitrogens is 4. The number of H-pyrrole nitrogens is 1. The quantitative estimate of drug-likeness (QED) is 0.464. The minimum absolute atomic E-state index is 0.0281. The number of benzene rings is 2. The summed E-state index contributed by atoms with van der Waals surface area (Å²) < 4.78 is 3.36. The first-order chi connectivity index (χ1) is 14.5. The SMILES string of the molecule is CN(C)CCCNc1n[nH]c(-c2ccccc2)c1-c1ccc2c(c1)n(C)c(=O)n2C. The molecule has 0 saturated carbocycles. The number of aromatic amines is 1. The Balaban J connectivity index is 1.80. The Labute approximate surface area is 175 Å². The van der Waals surface area contributed by atoms with Crippen LogP contribution in [0.1, 0.15) is 6.42 Å². The van der Waals surface area contributed by atoms with Gasteiger partial charge in [0, 0.05) is 26.2 Å². The highest BCUT2D eigenvalue weighted by molar-refractivity contribution is 5.92. The van der Waals surface area contributed by atoms with Crippen molar-refractivity contribution in [1.29, 1.82) is 0 Å². The molecule has 2 aromatic carbocycles. The maximum absolute atomic E-state index is 12.4. The highest BCUT2D eigenvalue weighted by Gasteiger charge is 2.18. The lowest BCUT2D eigenvalue weighted by Crippen LogP contribution is -2.19. The van der Waals surface area contributed by atoms with Crippen LogP contribution in [0.2, 0.25) is 0 Å². The summed E-state index contributed by atoms with van der Waals surface area (Å²) in [5.74, 6) is 0.827. The minimum atomic E-state index is -0.0281. The molecule has 0 saturated heterocycles. The number of rotatable bonds is 7. The van der Waals surface area contributed by atoms with Crippen molar-refractivity contribution in [2.24, 2.45) is 14.1 Å². The predicted octanol–water partition coefficient (Wildman–Crippen LogP) is 3.30. The van der Waals surface area contributed by atoms with E-state index < -0.39 is 0 Å². The van der Waals surface area contributed by atoms with Gasteiger partial charge in [-0.15, -0.1) is 0 Å². The summed E-state index contributed by atoms with van der Waals surface area (Å²) in [6, 6.07) is 16.3. The fraction of sp³-hybridized carbons (Fsp3) is 0.304. The highest BCUT2D eigenvalue weighted by Crippen LogP contribution is 2.37. The van der Waals surface area contributed by atoms with E-state index in [1.54, 1.807) is 16.2 Å². The van der Waals surface area contributed by atoms with E-state index >= 15 is 0 Å².